The highest BCUT2D eigenvalue weighted by Crippen LogP contribution is 2.36. The monoisotopic (exact) mass is 298 g/mol. The van der Waals surface area contributed by atoms with Gasteiger partial charge in [-0.15, -0.1) is 0 Å². The fraction of sp³-hybridized carbons (Fsp3) is 0.600. The maximum Gasteiger partial charge on any atom is 0.125 e. The van der Waals surface area contributed by atoms with Crippen LogP contribution in [0.25, 0.3) is 0 Å². The number of methoxy groups -OCH3 is 1. The third-order valence-corrected chi connectivity index (χ3v) is 4.18. The Morgan fingerprint density at radius 1 is 1.50 bits per heavy atom. The third kappa shape index (κ3) is 3.09. The summed E-state index contributed by atoms with van der Waals surface area (Å²) >= 11 is 6.39. The number of hydrogen-bond acceptors (Lipinski definition) is 4. The zero-order chi connectivity index (χ0) is 14.7. The molecule has 0 bridgehead atoms. The largest absolute Gasteiger partial charge is 0.496 e. The molecule has 1 fully saturated rings. The lowest BCUT2D eigenvalue weighted by Crippen LogP contribution is -2.50. The molecule has 4 nitrogen and oxygen atoms in total. The molecule has 0 amide bonds. The number of hydrogen-bond donors (Lipinski definition) is 1. The van der Waals surface area contributed by atoms with Crippen molar-refractivity contribution in [2.75, 3.05) is 26.8 Å². The summed E-state index contributed by atoms with van der Waals surface area (Å²) in [7, 11) is 1.66. The number of nitrogens with zero attached hydrogens (tertiary/aromatic N) is 1. The molecule has 0 saturated carbocycles. The summed E-state index contributed by atoms with van der Waals surface area (Å²) in [6.07, 6.45) is 0.203. The van der Waals surface area contributed by atoms with Crippen molar-refractivity contribution in [2.24, 2.45) is 5.73 Å². The van der Waals surface area contributed by atoms with Crippen LogP contribution in [0.2, 0.25) is 5.02 Å². The fourth-order valence-corrected chi connectivity index (χ4v) is 3.09. The summed E-state index contributed by atoms with van der Waals surface area (Å²) < 4.78 is 11.2. The molecule has 2 N–H and O–H groups in total. The van der Waals surface area contributed by atoms with Crippen molar-refractivity contribution in [2.45, 2.75) is 32.0 Å². The zero-order valence-corrected chi connectivity index (χ0v) is 13.1. The minimum Gasteiger partial charge on any atom is -0.496 e. The van der Waals surface area contributed by atoms with Gasteiger partial charge in [0.15, 0.2) is 0 Å². The highest BCUT2D eigenvalue weighted by atomic mass is 35.5. The first-order valence-electron chi connectivity index (χ1n) is 6.98. The Kier molecular flexibility index (Phi) is 5.27. The van der Waals surface area contributed by atoms with Crippen LogP contribution in [0.1, 0.15) is 25.5 Å². The van der Waals surface area contributed by atoms with Gasteiger partial charge in [-0.25, -0.2) is 0 Å². The molecule has 3 unspecified atom stereocenters. The van der Waals surface area contributed by atoms with Crippen LogP contribution >= 0.6 is 11.6 Å². The molecule has 1 heterocycles. The van der Waals surface area contributed by atoms with Gasteiger partial charge < -0.3 is 15.2 Å². The second kappa shape index (κ2) is 6.76. The molecule has 3 atom stereocenters. The number of benzene rings is 1. The van der Waals surface area contributed by atoms with E-state index in [0.29, 0.717) is 24.2 Å². The molecular formula is C15H23ClN2O2. The Bertz CT molecular complexity index is 455. The number of morpholine rings is 1. The SMILES string of the molecule is COc1cccc(Cl)c1C(CN)N1CC(C)OCC1C. The predicted molar refractivity (Wildman–Crippen MR) is 81.4 cm³/mol. The molecule has 1 aliphatic rings. The molecule has 1 aromatic rings. The molecule has 0 radical (unpaired) electrons. The first-order chi connectivity index (χ1) is 9.58. The Labute approximate surface area is 125 Å². The quantitative estimate of drug-likeness (QED) is 0.927. The van der Waals surface area contributed by atoms with Crippen LogP contribution in [0.4, 0.5) is 0 Å². The number of nitrogens with two attached hydrogens (primary N) is 1. The minimum atomic E-state index is 0.0417. The summed E-state index contributed by atoms with van der Waals surface area (Å²) in [5.74, 6) is 0.791. The van der Waals surface area contributed by atoms with Gasteiger partial charge in [0.25, 0.3) is 0 Å². The van der Waals surface area contributed by atoms with Gasteiger partial charge in [-0.1, -0.05) is 17.7 Å². The van der Waals surface area contributed by atoms with Gasteiger partial charge in [-0.3, -0.25) is 4.90 Å². The Morgan fingerprint density at radius 2 is 2.25 bits per heavy atom. The maximum absolute atomic E-state index is 6.39. The second-order valence-corrected chi connectivity index (χ2v) is 5.70. The molecule has 5 heteroatoms. The average molecular weight is 299 g/mol. The predicted octanol–water partition coefficient (Wildman–Crippen LogP) is 2.46. The van der Waals surface area contributed by atoms with Crippen molar-refractivity contribution in [1.29, 1.82) is 0 Å². The number of rotatable bonds is 4. The number of halogens is 1. The summed E-state index contributed by atoms with van der Waals surface area (Å²) in [6, 6.07) is 6.05. The van der Waals surface area contributed by atoms with Crippen LogP contribution < -0.4 is 10.5 Å². The Hall–Kier alpha value is -0.810. The lowest BCUT2D eigenvalue weighted by molar-refractivity contribution is -0.0656. The molecule has 1 saturated heterocycles. The van der Waals surface area contributed by atoms with Gasteiger partial charge in [0, 0.05) is 29.7 Å². The van der Waals surface area contributed by atoms with Crippen molar-refractivity contribution in [1.82, 2.24) is 4.90 Å². The summed E-state index contributed by atoms with van der Waals surface area (Å²) in [5.41, 5.74) is 7.01. The van der Waals surface area contributed by atoms with Gasteiger partial charge in [0.2, 0.25) is 0 Å². The molecule has 0 aromatic heterocycles. The third-order valence-electron chi connectivity index (χ3n) is 3.85. The highest BCUT2D eigenvalue weighted by molar-refractivity contribution is 6.31. The molecule has 20 heavy (non-hydrogen) atoms. The lowest BCUT2D eigenvalue weighted by atomic mass is 10.0. The van der Waals surface area contributed by atoms with E-state index in [1.165, 1.54) is 0 Å². The van der Waals surface area contributed by atoms with Crippen LogP contribution in [0.3, 0.4) is 0 Å². The first kappa shape index (κ1) is 15.6. The van der Waals surface area contributed by atoms with Crippen LogP contribution in [-0.4, -0.2) is 43.9 Å². The summed E-state index contributed by atoms with van der Waals surface area (Å²) in [6.45, 7) is 6.28. The van der Waals surface area contributed by atoms with Crippen LogP contribution in [0, 0.1) is 0 Å². The Balaban J connectivity index is 2.36. The van der Waals surface area contributed by atoms with Crippen LogP contribution in [0.5, 0.6) is 5.75 Å². The summed E-state index contributed by atoms with van der Waals surface area (Å²) in [5, 5.41) is 0.700. The normalized spacial score (nSPS) is 25.4. The first-order valence-corrected chi connectivity index (χ1v) is 7.36. The van der Waals surface area contributed by atoms with E-state index in [4.69, 9.17) is 26.8 Å². The van der Waals surface area contributed by atoms with Crippen LogP contribution in [-0.2, 0) is 4.74 Å². The van der Waals surface area contributed by atoms with Gasteiger partial charge in [0.1, 0.15) is 5.75 Å². The van der Waals surface area contributed by atoms with Gasteiger partial charge in [0.05, 0.1) is 25.9 Å². The van der Waals surface area contributed by atoms with E-state index in [-0.39, 0.29) is 12.1 Å². The minimum absolute atomic E-state index is 0.0417. The van der Waals surface area contributed by atoms with E-state index < -0.39 is 0 Å². The van der Waals surface area contributed by atoms with E-state index in [0.717, 1.165) is 17.9 Å². The topological polar surface area (TPSA) is 47.7 Å². The molecule has 2 rings (SSSR count). The van der Waals surface area contributed by atoms with Crippen molar-refractivity contribution in [3.63, 3.8) is 0 Å². The van der Waals surface area contributed by atoms with E-state index in [1.807, 2.05) is 18.2 Å². The molecule has 1 aliphatic heterocycles. The van der Waals surface area contributed by atoms with Gasteiger partial charge in [-0.05, 0) is 26.0 Å². The molecule has 0 aliphatic carbocycles. The molecule has 1 aromatic carbocycles. The average Bonchev–Trinajstić information content (AvgIpc) is 2.44. The van der Waals surface area contributed by atoms with E-state index in [1.54, 1.807) is 7.11 Å². The summed E-state index contributed by atoms with van der Waals surface area (Å²) in [4.78, 5) is 2.36. The second-order valence-electron chi connectivity index (χ2n) is 5.30. The smallest absolute Gasteiger partial charge is 0.125 e. The van der Waals surface area contributed by atoms with Crippen molar-refractivity contribution < 1.29 is 9.47 Å². The fourth-order valence-electron chi connectivity index (χ4n) is 2.80. The van der Waals surface area contributed by atoms with Gasteiger partial charge >= 0.3 is 0 Å². The van der Waals surface area contributed by atoms with Crippen molar-refractivity contribution in [3.8, 4) is 5.75 Å². The molecular weight excluding hydrogens is 276 g/mol. The maximum atomic E-state index is 6.39. The van der Waals surface area contributed by atoms with E-state index in [9.17, 15) is 0 Å². The molecule has 112 valence electrons. The zero-order valence-electron chi connectivity index (χ0n) is 12.3. The lowest BCUT2D eigenvalue weighted by Gasteiger charge is -2.42. The Morgan fingerprint density at radius 3 is 2.90 bits per heavy atom. The van der Waals surface area contributed by atoms with E-state index in [2.05, 4.69) is 18.7 Å². The number of ether oxygens (including phenoxy) is 2. The van der Waals surface area contributed by atoms with Crippen molar-refractivity contribution >= 4 is 11.6 Å². The van der Waals surface area contributed by atoms with Crippen molar-refractivity contribution in [3.05, 3.63) is 28.8 Å². The standard InChI is InChI=1S/C15H23ClN2O2/c1-10-9-20-11(2)8-18(10)13(7-17)15-12(16)5-4-6-14(15)19-3/h4-6,10-11,13H,7-9,17H2,1-3H3. The highest BCUT2D eigenvalue weighted by Gasteiger charge is 2.32. The van der Waals surface area contributed by atoms with Crippen LogP contribution in [0.15, 0.2) is 18.2 Å². The van der Waals surface area contributed by atoms with E-state index >= 15 is 0 Å². The van der Waals surface area contributed by atoms with Gasteiger partial charge in [-0.2, -0.15) is 0 Å². The molecule has 0 spiro atoms.